The summed E-state index contributed by atoms with van der Waals surface area (Å²) in [6, 6.07) is 79.4. The number of fused-ring (bicyclic) bond motifs is 9. The second-order valence-electron chi connectivity index (χ2n) is 18.4. The molecule has 0 aliphatic heterocycles. The Labute approximate surface area is 370 Å². The van der Waals surface area contributed by atoms with Crippen molar-refractivity contribution < 1.29 is 0 Å². The van der Waals surface area contributed by atoms with E-state index in [1.165, 1.54) is 99.4 Å². The zero-order valence-electron chi connectivity index (χ0n) is 36.2. The molecule has 0 atom stereocenters. The van der Waals surface area contributed by atoms with Crippen LogP contribution in [0.5, 0.6) is 0 Å². The van der Waals surface area contributed by atoms with E-state index in [9.17, 15) is 0 Å². The zero-order chi connectivity index (χ0) is 42.5. The molecule has 0 saturated heterocycles. The van der Waals surface area contributed by atoms with Gasteiger partial charge in [0, 0.05) is 27.6 Å². The molecule has 0 N–H and O–H groups in total. The first-order valence-electron chi connectivity index (χ1n) is 22.3. The predicted molar refractivity (Wildman–Crippen MR) is 268 cm³/mol. The van der Waals surface area contributed by atoms with E-state index in [4.69, 9.17) is 0 Å². The number of nitrogens with zero attached hydrogens (tertiary/aromatic N) is 1. The van der Waals surface area contributed by atoms with E-state index < -0.39 is 0 Å². The Bertz CT molecular complexity index is 3460. The van der Waals surface area contributed by atoms with Gasteiger partial charge in [0.1, 0.15) is 0 Å². The van der Waals surface area contributed by atoms with E-state index in [0.717, 1.165) is 17.1 Å². The molecule has 1 nitrogen and oxygen atoms in total. The minimum absolute atomic E-state index is 0.134. The summed E-state index contributed by atoms with van der Waals surface area (Å²) in [5, 5.41) is 4.98. The van der Waals surface area contributed by atoms with Crippen LogP contribution in [0, 0.1) is 0 Å². The van der Waals surface area contributed by atoms with Gasteiger partial charge in [-0.15, -0.1) is 0 Å². The molecule has 2 aliphatic rings. The lowest BCUT2D eigenvalue weighted by Crippen LogP contribution is -2.17. The predicted octanol–water partition coefficient (Wildman–Crippen LogP) is 17.1. The van der Waals surface area contributed by atoms with E-state index in [2.05, 4.69) is 245 Å². The SMILES string of the molecule is CC1(C)c2ccccc2-c2ccc(-c3cccc(N(c4ccc5c(c4)C(C)(C)c4ccccc4-5)c4ccccc4-c4ccccc4)c3-c3cc4ccccc4c4ccccc34)cc21. The van der Waals surface area contributed by atoms with Crippen molar-refractivity contribution in [3.05, 3.63) is 235 Å². The van der Waals surface area contributed by atoms with Crippen LogP contribution in [0.4, 0.5) is 17.1 Å². The molecule has 2 aliphatic carbocycles. The Balaban J connectivity index is 1.19. The van der Waals surface area contributed by atoms with Crippen LogP contribution in [-0.2, 0) is 10.8 Å². The van der Waals surface area contributed by atoms with Gasteiger partial charge in [-0.2, -0.15) is 0 Å². The van der Waals surface area contributed by atoms with Gasteiger partial charge >= 0.3 is 0 Å². The third kappa shape index (κ3) is 5.62. The van der Waals surface area contributed by atoms with Crippen LogP contribution in [-0.4, -0.2) is 0 Å². The standard InChI is InChI=1S/C62H47N/c1-61(2)54-29-15-12-26-49(54)51-35-33-42(38-56(51)61)46-28-18-32-59(60(46)53-37-41-21-8-9-22-44(41)47-24-10-11-25-48(47)53)63(58-31-17-14-23-45(58)40-19-6-5-7-20-40)43-34-36-52-50-27-13-16-30-55(50)62(3,4)57(52)39-43/h5-39H,1-4H3. The molecule has 0 fully saturated rings. The summed E-state index contributed by atoms with van der Waals surface area (Å²) in [6.45, 7) is 9.52. The normalized spacial score (nSPS) is 14.0. The molecule has 0 heterocycles. The van der Waals surface area contributed by atoms with Gasteiger partial charge in [-0.3, -0.25) is 0 Å². The topological polar surface area (TPSA) is 3.24 Å². The van der Waals surface area contributed by atoms with Crippen LogP contribution in [0.15, 0.2) is 212 Å². The van der Waals surface area contributed by atoms with Gasteiger partial charge in [0.2, 0.25) is 0 Å². The van der Waals surface area contributed by atoms with Crippen molar-refractivity contribution in [1.82, 2.24) is 0 Å². The summed E-state index contributed by atoms with van der Waals surface area (Å²) in [5.74, 6) is 0. The quantitative estimate of drug-likeness (QED) is 0.151. The number of hydrogen-bond acceptors (Lipinski definition) is 1. The van der Waals surface area contributed by atoms with Crippen molar-refractivity contribution in [3.8, 4) is 55.6 Å². The lowest BCUT2D eigenvalue weighted by molar-refractivity contribution is 0.660. The van der Waals surface area contributed by atoms with Gasteiger partial charge in [-0.1, -0.05) is 204 Å². The van der Waals surface area contributed by atoms with Crippen molar-refractivity contribution in [1.29, 1.82) is 0 Å². The van der Waals surface area contributed by atoms with Gasteiger partial charge in [0.25, 0.3) is 0 Å². The molecule has 0 amide bonds. The van der Waals surface area contributed by atoms with Gasteiger partial charge in [0.15, 0.2) is 0 Å². The molecule has 12 rings (SSSR count). The molecular formula is C62H47N. The third-order valence-corrected chi connectivity index (χ3v) is 14.3. The molecule has 300 valence electrons. The highest BCUT2D eigenvalue weighted by molar-refractivity contribution is 6.17. The number of hydrogen-bond donors (Lipinski definition) is 0. The molecule has 10 aromatic rings. The highest BCUT2D eigenvalue weighted by atomic mass is 15.1. The summed E-state index contributed by atoms with van der Waals surface area (Å²) in [6.07, 6.45) is 0. The fourth-order valence-electron chi connectivity index (χ4n) is 11.2. The van der Waals surface area contributed by atoms with E-state index in [0.29, 0.717) is 0 Å². The van der Waals surface area contributed by atoms with Crippen molar-refractivity contribution in [3.63, 3.8) is 0 Å². The lowest BCUT2D eigenvalue weighted by atomic mass is 9.80. The van der Waals surface area contributed by atoms with E-state index >= 15 is 0 Å². The molecule has 10 aromatic carbocycles. The fourth-order valence-corrected chi connectivity index (χ4v) is 11.2. The molecule has 0 unspecified atom stereocenters. The monoisotopic (exact) mass is 805 g/mol. The molecule has 0 spiro atoms. The largest absolute Gasteiger partial charge is 0.309 e. The van der Waals surface area contributed by atoms with Crippen LogP contribution in [0.2, 0.25) is 0 Å². The van der Waals surface area contributed by atoms with Crippen molar-refractivity contribution >= 4 is 38.6 Å². The second-order valence-corrected chi connectivity index (χ2v) is 18.4. The van der Waals surface area contributed by atoms with Gasteiger partial charge in [0.05, 0.1) is 11.4 Å². The van der Waals surface area contributed by atoms with Gasteiger partial charge < -0.3 is 4.90 Å². The van der Waals surface area contributed by atoms with Crippen LogP contribution < -0.4 is 4.90 Å². The summed E-state index contributed by atoms with van der Waals surface area (Å²) < 4.78 is 0. The average Bonchev–Trinajstić information content (AvgIpc) is 3.70. The highest BCUT2D eigenvalue weighted by Gasteiger charge is 2.37. The molecule has 0 aromatic heterocycles. The fraction of sp³-hybridized carbons (Fsp3) is 0.0968. The summed E-state index contributed by atoms with van der Waals surface area (Å²) in [4.78, 5) is 2.55. The van der Waals surface area contributed by atoms with Gasteiger partial charge in [-0.05, 0) is 125 Å². The molecule has 0 saturated carbocycles. The highest BCUT2D eigenvalue weighted by Crippen LogP contribution is 2.55. The maximum atomic E-state index is 2.55. The van der Waals surface area contributed by atoms with Gasteiger partial charge in [-0.25, -0.2) is 0 Å². The number of rotatable bonds is 6. The van der Waals surface area contributed by atoms with Crippen molar-refractivity contribution in [2.45, 2.75) is 38.5 Å². The van der Waals surface area contributed by atoms with Crippen molar-refractivity contribution in [2.24, 2.45) is 0 Å². The van der Waals surface area contributed by atoms with Crippen LogP contribution in [0.1, 0.15) is 49.9 Å². The maximum Gasteiger partial charge on any atom is 0.0546 e. The Hall–Kier alpha value is -7.48. The first kappa shape index (κ1) is 37.3. The molecule has 0 bridgehead atoms. The Morgan fingerprint density at radius 3 is 1.56 bits per heavy atom. The molecule has 63 heavy (non-hydrogen) atoms. The summed E-state index contributed by atoms with van der Waals surface area (Å²) in [7, 11) is 0. The Morgan fingerprint density at radius 1 is 0.302 bits per heavy atom. The summed E-state index contributed by atoms with van der Waals surface area (Å²) in [5.41, 5.74) is 21.1. The summed E-state index contributed by atoms with van der Waals surface area (Å²) >= 11 is 0. The minimum Gasteiger partial charge on any atom is -0.309 e. The van der Waals surface area contributed by atoms with E-state index in [-0.39, 0.29) is 10.8 Å². The third-order valence-electron chi connectivity index (χ3n) is 14.3. The molecular weight excluding hydrogens is 759 g/mol. The van der Waals surface area contributed by atoms with Crippen LogP contribution in [0.25, 0.3) is 77.2 Å². The Kier molecular flexibility index (Phi) is 8.30. The lowest BCUT2D eigenvalue weighted by Gasteiger charge is -2.32. The minimum atomic E-state index is -0.166. The second kappa shape index (κ2) is 14.0. The van der Waals surface area contributed by atoms with E-state index in [1.807, 2.05) is 0 Å². The Morgan fingerprint density at radius 2 is 0.825 bits per heavy atom. The van der Waals surface area contributed by atoms with Crippen molar-refractivity contribution in [2.75, 3.05) is 4.90 Å². The molecule has 0 radical (unpaired) electrons. The van der Waals surface area contributed by atoms with Crippen LogP contribution in [0.3, 0.4) is 0 Å². The first-order valence-corrected chi connectivity index (χ1v) is 22.3. The first-order chi connectivity index (χ1) is 30.8. The zero-order valence-corrected chi connectivity index (χ0v) is 36.2. The average molecular weight is 806 g/mol. The number of anilines is 3. The van der Waals surface area contributed by atoms with E-state index in [1.54, 1.807) is 0 Å². The smallest absolute Gasteiger partial charge is 0.0546 e. The number of benzene rings is 10. The molecule has 1 heteroatoms. The van der Waals surface area contributed by atoms with Crippen LogP contribution >= 0.6 is 0 Å². The maximum absolute atomic E-state index is 2.55. The number of para-hydroxylation sites is 1.